The van der Waals surface area contributed by atoms with Crippen molar-refractivity contribution in [2.45, 2.75) is 45.6 Å². The van der Waals surface area contributed by atoms with Crippen LogP contribution in [0.5, 0.6) is 11.8 Å². The summed E-state index contributed by atoms with van der Waals surface area (Å²) < 4.78 is 17.0. The van der Waals surface area contributed by atoms with E-state index >= 15 is 0 Å². The summed E-state index contributed by atoms with van der Waals surface area (Å²) in [7, 11) is 1.60. The summed E-state index contributed by atoms with van der Waals surface area (Å²) in [6.45, 7) is 7.58. The van der Waals surface area contributed by atoms with Crippen molar-refractivity contribution < 1.29 is 14.0 Å². The van der Waals surface area contributed by atoms with E-state index < -0.39 is 0 Å². The van der Waals surface area contributed by atoms with Gasteiger partial charge < -0.3 is 18.9 Å². The number of anilines is 1. The molecular formula is C24H27N7O3. The first-order valence-corrected chi connectivity index (χ1v) is 11.4. The average molecular weight is 462 g/mol. The van der Waals surface area contributed by atoms with Crippen molar-refractivity contribution in [1.82, 2.24) is 30.1 Å². The Balaban J connectivity index is 1.35. The molecular weight excluding hydrogens is 434 g/mol. The van der Waals surface area contributed by atoms with Gasteiger partial charge in [0.1, 0.15) is 17.9 Å². The lowest BCUT2D eigenvalue weighted by Gasteiger charge is -2.30. The van der Waals surface area contributed by atoms with Crippen LogP contribution in [0, 0.1) is 6.92 Å². The third-order valence-corrected chi connectivity index (χ3v) is 5.98. The lowest BCUT2D eigenvalue weighted by molar-refractivity contribution is 0.164. The van der Waals surface area contributed by atoms with Gasteiger partial charge in [-0.2, -0.15) is 4.98 Å². The van der Waals surface area contributed by atoms with Crippen LogP contribution < -0.4 is 14.4 Å². The normalized spacial score (nSPS) is 14.7. The first-order chi connectivity index (χ1) is 16.5. The molecule has 10 nitrogen and oxygen atoms in total. The quantitative estimate of drug-likeness (QED) is 0.418. The van der Waals surface area contributed by atoms with Gasteiger partial charge >= 0.3 is 6.01 Å². The van der Waals surface area contributed by atoms with E-state index in [2.05, 4.69) is 35.0 Å². The van der Waals surface area contributed by atoms with Gasteiger partial charge in [-0.25, -0.2) is 15.0 Å². The topological polar surface area (TPSA) is 112 Å². The van der Waals surface area contributed by atoms with E-state index in [1.165, 1.54) is 6.33 Å². The van der Waals surface area contributed by atoms with Crippen LogP contribution in [-0.2, 0) is 0 Å². The van der Waals surface area contributed by atoms with Crippen molar-refractivity contribution in [1.29, 1.82) is 0 Å². The first kappa shape index (κ1) is 22.0. The van der Waals surface area contributed by atoms with Gasteiger partial charge in [0.15, 0.2) is 5.82 Å². The number of pyridine rings is 2. The minimum Gasteiger partial charge on any atom is -0.481 e. The molecule has 4 aromatic heterocycles. The summed E-state index contributed by atoms with van der Waals surface area (Å²) in [5.41, 5.74) is 3.18. The molecule has 176 valence electrons. The Labute approximate surface area is 197 Å². The largest absolute Gasteiger partial charge is 0.481 e. The van der Waals surface area contributed by atoms with Crippen molar-refractivity contribution in [3.8, 4) is 23.0 Å². The van der Waals surface area contributed by atoms with E-state index in [4.69, 9.17) is 14.0 Å². The van der Waals surface area contributed by atoms with Crippen LogP contribution in [0.1, 0.15) is 44.1 Å². The van der Waals surface area contributed by atoms with Crippen LogP contribution >= 0.6 is 0 Å². The van der Waals surface area contributed by atoms with E-state index in [0.717, 1.165) is 59.6 Å². The zero-order chi connectivity index (χ0) is 23.7. The second-order valence-corrected chi connectivity index (χ2v) is 8.62. The maximum Gasteiger partial charge on any atom is 0.324 e. The number of fused-ring (bicyclic) bond motifs is 1. The highest BCUT2D eigenvalue weighted by Gasteiger charge is 2.26. The Morgan fingerprint density at radius 1 is 1.06 bits per heavy atom. The van der Waals surface area contributed by atoms with E-state index in [-0.39, 0.29) is 12.0 Å². The monoisotopic (exact) mass is 461 g/mol. The summed E-state index contributed by atoms with van der Waals surface area (Å²) in [5, 5.41) is 4.89. The molecule has 0 bridgehead atoms. The van der Waals surface area contributed by atoms with Crippen LogP contribution in [0.25, 0.3) is 22.2 Å². The zero-order valence-electron chi connectivity index (χ0n) is 19.7. The van der Waals surface area contributed by atoms with Crippen LogP contribution in [0.2, 0.25) is 0 Å². The minimum absolute atomic E-state index is 0.0304. The molecule has 0 unspecified atom stereocenters. The number of piperidine rings is 1. The smallest absolute Gasteiger partial charge is 0.324 e. The Morgan fingerprint density at radius 2 is 1.88 bits per heavy atom. The second-order valence-electron chi connectivity index (χ2n) is 8.62. The average Bonchev–Trinajstić information content (AvgIpc) is 3.35. The number of aryl methyl sites for hydroxylation is 1. The Kier molecular flexibility index (Phi) is 5.95. The maximum absolute atomic E-state index is 6.35. The van der Waals surface area contributed by atoms with Crippen LogP contribution in [0.4, 0.5) is 6.01 Å². The fourth-order valence-electron chi connectivity index (χ4n) is 4.07. The number of hydrogen-bond donors (Lipinski definition) is 0. The van der Waals surface area contributed by atoms with Gasteiger partial charge in [-0.3, -0.25) is 4.98 Å². The molecule has 0 atom stereocenters. The molecule has 0 radical (unpaired) electrons. The molecule has 0 aromatic carbocycles. The lowest BCUT2D eigenvalue weighted by atomic mass is 10.1. The Morgan fingerprint density at radius 3 is 2.59 bits per heavy atom. The number of methoxy groups -OCH3 is 1. The summed E-state index contributed by atoms with van der Waals surface area (Å²) in [6.07, 6.45) is 4.95. The molecule has 4 aromatic rings. The number of nitrogens with zero attached hydrogens (tertiary/aromatic N) is 7. The molecule has 0 saturated carbocycles. The second kappa shape index (κ2) is 9.20. The number of hydrogen-bond acceptors (Lipinski definition) is 10. The van der Waals surface area contributed by atoms with Gasteiger partial charge in [-0.1, -0.05) is 19.0 Å². The molecule has 1 fully saturated rings. The van der Waals surface area contributed by atoms with E-state index in [1.54, 1.807) is 13.3 Å². The van der Waals surface area contributed by atoms with Crippen molar-refractivity contribution in [2.75, 3.05) is 25.1 Å². The van der Waals surface area contributed by atoms with Crippen molar-refractivity contribution in [3.05, 3.63) is 42.2 Å². The molecule has 5 heterocycles. The highest BCUT2D eigenvalue weighted by molar-refractivity contribution is 5.94. The van der Waals surface area contributed by atoms with E-state index in [9.17, 15) is 0 Å². The molecule has 0 N–H and O–H groups in total. The summed E-state index contributed by atoms with van der Waals surface area (Å²) >= 11 is 0. The standard InChI is InChI=1S/C24H27N7O3/c1-14(2)22-29-24(34-30-22)31-11-8-16(9-12-31)33-23-18-7-10-25-20(21(18)26-13-27-23)17-5-6-19(32-4)28-15(17)3/h5-7,10,13-14,16H,8-9,11-12H2,1-4H3. The predicted octanol–water partition coefficient (Wildman–Crippen LogP) is 3.96. The predicted molar refractivity (Wildman–Crippen MR) is 126 cm³/mol. The lowest BCUT2D eigenvalue weighted by Crippen LogP contribution is -2.38. The Bertz CT molecular complexity index is 1300. The van der Waals surface area contributed by atoms with Crippen LogP contribution in [0.15, 0.2) is 35.2 Å². The molecule has 10 heteroatoms. The summed E-state index contributed by atoms with van der Waals surface area (Å²) in [6, 6.07) is 6.24. The van der Waals surface area contributed by atoms with Crippen molar-refractivity contribution in [2.24, 2.45) is 0 Å². The fourth-order valence-corrected chi connectivity index (χ4v) is 4.07. The van der Waals surface area contributed by atoms with Crippen LogP contribution in [-0.4, -0.2) is 56.4 Å². The van der Waals surface area contributed by atoms with Crippen LogP contribution in [0.3, 0.4) is 0 Å². The zero-order valence-corrected chi connectivity index (χ0v) is 19.7. The molecule has 5 rings (SSSR count). The van der Waals surface area contributed by atoms with E-state index in [0.29, 0.717) is 17.8 Å². The SMILES string of the molecule is COc1ccc(-c2nccc3c(OC4CCN(c5nc(C(C)C)no5)CC4)ncnc23)c(C)n1. The highest BCUT2D eigenvalue weighted by atomic mass is 16.5. The van der Waals surface area contributed by atoms with Crippen molar-refractivity contribution in [3.63, 3.8) is 0 Å². The molecule has 34 heavy (non-hydrogen) atoms. The molecule has 0 spiro atoms. The van der Waals surface area contributed by atoms with Gasteiger partial charge in [0.25, 0.3) is 0 Å². The molecule has 0 amide bonds. The Hall–Kier alpha value is -3.82. The summed E-state index contributed by atoms with van der Waals surface area (Å²) in [5.74, 6) is 2.09. The molecule has 1 aliphatic rings. The minimum atomic E-state index is 0.0304. The molecule has 1 saturated heterocycles. The third-order valence-electron chi connectivity index (χ3n) is 5.98. The third kappa shape index (κ3) is 4.23. The number of ether oxygens (including phenoxy) is 2. The van der Waals surface area contributed by atoms with E-state index in [1.807, 2.05) is 39.0 Å². The van der Waals surface area contributed by atoms with Crippen molar-refractivity contribution >= 4 is 16.9 Å². The highest BCUT2D eigenvalue weighted by Crippen LogP contribution is 2.32. The fraction of sp³-hybridized carbons (Fsp3) is 0.417. The number of aromatic nitrogens is 6. The van der Waals surface area contributed by atoms with Gasteiger partial charge in [-0.05, 0) is 19.1 Å². The summed E-state index contributed by atoms with van der Waals surface area (Å²) in [4.78, 5) is 24.6. The van der Waals surface area contributed by atoms with Gasteiger partial charge in [0, 0.05) is 49.7 Å². The number of rotatable bonds is 6. The molecule has 0 aliphatic carbocycles. The molecule has 1 aliphatic heterocycles. The first-order valence-electron chi connectivity index (χ1n) is 11.4. The van der Waals surface area contributed by atoms with Gasteiger partial charge in [0.2, 0.25) is 11.8 Å². The van der Waals surface area contributed by atoms with Gasteiger partial charge in [-0.15, -0.1) is 0 Å². The van der Waals surface area contributed by atoms with Gasteiger partial charge in [0.05, 0.1) is 23.9 Å². The maximum atomic E-state index is 6.35.